The highest BCUT2D eigenvalue weighted by Crippen LogP contribution is 2.47. The van der Waals surface area contributed by atoms with Gasteiger partial charge in [-0.1, -0.05) is 6.42 Å². The lowest BCUT2D eigenvalue weighted by Crippen LogP contribution is -2.43. The van der Waals surface area contributed by atoms with Crippen LogP contribution in [0.15, 0.2) is 4.99 Å². The number of likely N-dealkylation sites (tertiary alicyclic amines) is 1. The van der Waals surface area contributed by atoms with E-state index in [1.54, 1.807) is 7.05 Å². The molecule has 0 amide bonds. The van der Waals surface area contributed by atoms with Crippen LogP contribution in [0.3, 0.4) is 0 Å². The zero-order valence-corrected chi connectivity index (χ0v) is 14.1. The Hall–Kier alpha value is -0.530. The molecule has 0 atom stereocenters. The first-order valence-corrected chi connectivity index (χ1v) is 6.71. The van der Waals surface area contributed by atoms with Crippen LogP contribution in [0.4, 0.5) is 0 Å². The third-order valence-electron chi connectivity index (χ3n) is 4.20. The molecule has 0 unspecified atom stereocenters. The Kier molecular flexibility index (Phi) is 6.35. The van der Waals surface area contributed by atoms with Gasteiger partial charge in [-0.2, -0.15) is 0 Å². The van der Waals surface area contributed by atoms with Crippen molar-refractivity contribution in [1.29, 1.82) is 0 Å². The van der Waals surface area contributed by atoms with Crippen LogP contribution in [-0.4, -0.2) is 50.6 Å². The quantitative estimate of drug-likeness (QED) is 0.350. The van der Waals surface area contributed by atoms with E-state index in [1.807, 2.05) is 0 Å². The van der Waals surface area contributed by atoms with Crippen molar-refractivity contribution in [2.75, 3.05) is 33.8 Å². The number of carbonyl (C=O) groups excluding carboxylic acids is 1. The van der Waals surface area contributed by atoms with E-state index in [-0.39, 0.29) is 29.9 Å². The van der Waals surface area contributed by atoms with Crippen LogP contribution in [0.1, 0.15) is 32.1 Å². The molecule has 0 aromatic heterocycles. The van der Waals surface area contributed by atoms with Crippen molar-refractivity contribution in [3.8, 4) is 0 Å². The summed E-state index contributed by atoms with van der Waals surface area (Å²) in [6.45, 7) is 2.78. The first kappa shape index (κ1) is 16.5. The molecule has 2 fully saturated rings. The standard InChI is InChI=1S/C13H23N3O2.HI/c1-14-12(15-8-4-11(17)18-2)16-9-7-13(10-16)5-3-6-13;/h3-10H2,1-2H3,(H,14,15);1H. The summed E-state index contributed by atoms with van der Waals surface area (Å²) >= 11 is 0. The van der Waals surface area contributed by atoms with Gasteiger partial charge in [0.2, 0.25) is 0 Å². The van der Waals surface area contributed by atoms with Crippen molar-refractivity contribution in [3.05, 3.63) is 0 Å². The van der Waals surface area contributed by atoms with Gasteiger partial charge in [-0.25, -0.2) is 0 Å². The van der Waals surface area contributed by atoms with E-state index in [9.17, 15) is 4.79 Å². The molecule has 1 aliphatic heterocycles. The van der Waals surface area contributed by atoms with Crippen molar-refractivity contribution in [1.82, 2.24) is 10.2 Å². The largest absolute Gasteiger partial charge is 0.469 e. The Morgan fingerprint density at radius 1 is 1.42 bits per heavy atom. The predicted molar refractivity (Wildman–Crippen MR) is 85.9 cm³/mol. The van der Waals surface area contributed by atoms with Crippen LogP contribution >= 0.6 is 24.0 Å². The molecule has 19 heavy (non-hydrogen) atoms. The Morgan fingerprint density at radius 3 is 2.63 bits per heavy atom. The average molecular weight is 381 g/mol. The average Bonchev–Trinajstić information content (AvgIpc) is 2.79. The van der Waals surface area contributed by atoms with E-state index in [0.717, 1.165) is 19.0 Å². The minimum absolute atomic E-state index is 0. The number of esters is 1. The van der Waals surface area contributed by atoms with Crippen molar-refractivity contribution < 1.29 is 9.53 Å². The second-order valence-electron chi connectivity index (χ2n) is 5.33. The molecule has 2 aliphatic rings. The topological polar surface area (TPSA) is 53.9 Å². The molecule has 1 aliphatic carbocycles. The third kappa shape index (κ3) is 3.97. The van der Waals surface area contributed by atoms with E-state index in [2.05, 4.69) is 19.9 Å². The number of carbonyl (C=O) groups is 1. The molecule has 0 aromatic rings. The second kappa shape index (κ2) is 7.31. The van der Waals surface area contributed by atoms with E-state index in [1.165, 1.54) is 32.8 Å². The maximum atomic E-state index is 11.0. The molecule has 6 heteroatoms. The minimum atomic E-state index is -0.185. The number of nitrogens with one attached hydrogen (secondary N) is 1. The van der Waals surface area contributed by atoms with Gasteiger partial charge in [0.15, 0.2) is 5.96 Å². The van der Waals surface area contributed by atoms with Gasteiger partial charge >= 0.3 is 5.97 Å². The fourth-order valence-corrected chi connectivity index (χ4v) is 2.91. The Balaban J connectivity index is 0.00000180. The van der Waals surface area contributed by atoms with Gasteiger partial charge in [-0.3, -0.25) is 9.79 Å². The number of ether oxygens (including phenoxy) is 1. The number of aliphatic imine (C=N–C) groups is 1. The minimum Gasteiger partial charge on any atom is -0.469 e. The molecule has 1 saturated heterocycles. The molecule has 0 radical (unpaired) electrons. The molecule has 110 valence electrons. The van der Waals surface area contributed by atoms with Crippen LogP contribution < -0.4 is 5.32 Å². The van der Waals surface area contributed by atoms with E-state index in [4.69, 9.17) is 0 Å². The first-order chi connectivity index (χ1) is 8.69. The summed E-state index contributed by atoms with van der Waals surface area (Å²) in [5, 5.41) is 3.24. The van der Waals surface area contributed by atoms with Crippen molar-refractivity contribution >= 4 is 35.9 Å². The van der Waals surface area contributed by atoms with E-state index < -0.39 is 0 Å². The lowest BCUT2D eigenvalue weighted by molar-refractivity contribution is -0.140. The van der Waals surface area contributed by atoms with E-state index in [0.29, 0.717) is 18.4 Å². The van der Waals surface area contributed by atoms with Crippen LogP contribution in [-0.2, 0) is 9.53 Å². The predicted octanol–water partition coefficient (Wildman–Crippen LogP) is 1.62. The zero-order valence-electron chi connectivity index (χ0n) is 11.8. The molecule has 1 spiro atoms. The van der Waals surface area contributed by atoms with Gasteiger partial charge < -0.3 is 15.0 Å². The van der Waals surface area contributed by atoms with Crippen molar-refractivity contribution in [3.63, 3.8) is 0 Å². The molecular formula is C13H24IN3O2. The number of methoxy groups -OCH3 is 1. The fraction of sp³-hybridized carbons (Fsp3) is 0.846. The van der Waals surface area contributed by atoms with Gasteiger partial charge in [-0.05, 0) is 24.7 Å². The van der Waals surface area contributed by atoms with Crippen LogP contribution in [0.5, 0.6) is 0 Å². The lowest BCUT2D eigenvalue weighted by Gasteiger charge is -2.38. The van der Waals surface area contributed by atoms with Crippen LogP contribution in [0, 0.1) is 5.41 Å². The molecule has 1 heterocycles. The SMILES string of the molecule is CN=C(NCCC(=O)OC)N1CCC2(CCC2)C1.I. The Morgan fingerprint density at radius 2 is 2.16 bits per heavy atom. The zero-order chi connectivity index (χ0) is 13.0. The summed E-state index contributed by atoms with van der Waals surface area (Å²) in [5.74, 6) is 0.734. The highest BCUT2D eigenvalue weighted by Gasteiger charge is 2.43. The van der Waals surface area contributed by atoms with Gasteiger partial charge in [0.25, 0.3) is 0 Å². The molecule has 0 aromatic carbocycles. The van der Waals surface area contributed by atoms with E-state index >= 15 is 0 Å². The summed E-state index contributed by atoms with van der Waals surface area (Å²) in [4.78, 5) is 17.7. The molecule has 5 nitrogen and oxygen atoms in total. The summed E-state index contributed by atoms with van der Waals surface area (Å²) in [7, 11) is 3.21. The fourth-order valence-electron chi connectivity index (χ4n) is 2.91. The molecule has 1 saturated carbocycles. The van der Waals surface area contributed by atoms with Gasteiger partial charge in [0.1, 0.15) is 0 Å². The molecule has 1 N–H and O–H groups in total. The van der Waals surface area contributed by atoms with Crippen LogP contribution in [0.2, 0.25) is 0 Å². The van der Waals surface area contributed by atoms with Gasteiger partial charge in [0, 0.05) is 26.7 Å². The summed E-state index contributed by atoms with van der Waals surface area (Å²) < 4.78 is 4.62. The van der Waals surface area contributed by atoms with Gasteiger partial charge in [0.05, 0.1) is 13.5 Å². The number of rotatable bonds is 3. The Bertz CT molecular complexity index is 343. The maximum absolute atomic E-state index is 11.0. The number of hydrogen-bond acceptors (Lipinski definition) is 3. The number of halogens is 1. The maximum Gasteiger partial charge on any atom is 0.307 e. The summed E-state index contributed by atoms with van der Waals surface area (Å²) in [6.07, 6.45) is 5.77. The normalized spacial score (nSPS) is 20.7. The molecule has 0 bridgehead atoms. The number of guanidine groups is 1. The smallest absolute Gasteiger partial charge is 0.307 e. The van der Waals surface area contributed by atoms with Crippen molar-refractivity contribution in [2.24, 2.45) is 10.4 Å². The third-order valence-corrected chi connectivity index (χ3v) is 4.20. The Labute approximate surface area is 132 Å². The van der Waals surface area contributed by atoms with Crippen molar-refractivity contribution in [2.45, 2.75) is 32.1 Å². The second-order valence-corrected chi connectivity index (χ2v) is 5.33. The van der Waals surface area contributed by atoms with Gasteiger partial charge in [-0.15, -0.1) is 24.0 Å². The number of nitrogens with zero attached hydrogens (tertiary/aromatic N) is 2. The highest BCUT2D eigenvalue weighted by molar-refractivity contribution is 14.0. The van der Waals surface area contributed by atoms with Crippen LogP contribution in [0.25, 0.3) is 0 Å². The molecular weight excluding hydrogens is 357 g/mol. The first-order valence-electron chi connectivity index (χ1n) is 6.71. The lowest BCUT2D eigenvalue weighted by atomic mass is 9.68. The monoisotopic (exact) mass is 381 g/mol. The summed E-state index contributed by atoms with van der Waals surface area (Å²) in [5.41, 5.74) is 0.569. The molecule has 2 rings (SSSR count). The summed E-state index contributed by atoms with van der Waals surface area (Å²) in [6, 6.07) is 0. The number of hydrogen-bond donors (Lipinski definition) is 1. The highest BCUT2D eigenvalue weighted by atomic mass is 127.